The molecule has 4 aromatic rings. The van der Waals surface area contributed by atoms with Gasteiger partial charge in [0.2, 0.25) is 0 Å². The number of rotatable bonds is 8. The van der Waals surface area contributed by atoms with E-state index in [1.54, 1.807) is 72.8 Å². The molecule has 0 aliphatic heterocycles. The molecule has 1 heterocycles. The molecule has 0 radical (unpaired) electrons. The van der Waals surface area contributed by atoms with E-state index in [0.29, 0.717) is 17.1 Å². The van der Waals surface area contributed by atoms with Gasteiger partial charge in [-0.25, -0.2) is 8.42 Å². The van der Waals surface area contributed by atoms with Gasteiger partial charge in [0.05, 0.1) is 21.8 Å². The van der Waals surface area contributed by atoms with Crippen LogP contribution < -0.4 is 14.8 Å². The van der Waals surface area contributed by atoms with E-state index in [0.717, 1.165) is 0 Å². The minimum atomic E-state index is -3.84. The molecule has 0 saturated carbocycles. The number of hydrogen-bond donors (Lipinski definition) is 2. The Hall–Kier alpha value is -4.55. The Morgan fingerprint density at radius 3 is 2.32 bits per heavy atom. The third-order valence-electron chi connectivity index (χ3n) is 4.74. The Bertz CT molecular complexity index is 1460. The van der Waals surface area contributed by atoms with Gasteiger partial charge in [0.15, 0.2) is 5.76 Å². The Morgan fingerprint density at radius 2 is 1.56 bits per heavy atom. The normalized spacial score (nSPS) is 10.8. The zero-order valence-corrected chi connectivity index (χ0v) is 18.6. The maximum Gasteiger partial charge on any atom is 0.291 e. The lowest BCUT2D eigenvalue weighted by atomic mass is 10.2. The first-order valence-electron chi connectivity index (χ1n) is 10.1. The van der Waals surface area contributed by atoms with Crippen LogP contribution in [0.15, 0.2) is 100 Å². The molecule has 1 amide bonds. The Kier molecular flexibility index (Phi) is 6.62. The van der Waals surface area contributed by atoms with Crippen molar-refractivity contribution in [3.8, 4) is 11.8 Å². The predicted octanol–water partition coefficient (Wildman–Crippen LogP) is 4.78. The van der Waals surface area contributed by atoms with Crippen molar-refractivity contribution >= 4 is 27.3 Å². The summed E-state index contributed by atoms with van der Waals surface area (Å²) < 4.78 is 39.0. The van der Waals surface area contributed by atoms with Crippen molar-refractivity contribution in [2.75, 3.05) is 10.0 Å². The van der Waals surface area contributed by atoms with Crippen LogP contribution in [0, 0.1) is 11.3 Å². The highest BCUT2D eigenvalue weighted by Gasteiger charge is 2.18. The highest BCUT2D eigenvalue weighted by atomic mass is 32.2. The summed E-state index contributed by atoms with van der Waals surface area (Å²) in [4.78, 5) is 12.8. The monoisotopic (exact) mass is 473 g/mol. The maximum absolute atomic E-state index is 12.7. The van der Waals surface area contributed by atoms with Crippen LogP contribution >= 0.6 is 0 Å². The van der Waals surface area contributed by atoms with Crippen LogP contribution in [0.4, 0.5) is 11.4 Å². The van der Waals surface area contributed by atoms with Crippen molar-refractivity contribution in [3.05, 3.63) is 108 Å². The minimum Gasteiger partial charge on any atom is -0.484 e. The number of benzene rings is 3. The van der Waals surface area contributed by atoms with E-state index in [9.17, 15) is 13.2 Å². The summed E-state index contributed by atoms with van der Waals surface area (Å²) in [6, 6.07) is 26.3. The van der Waals surface area contributed by atoms with Crippen LogP contribution in [0.2, 0.25) is 0 Å². The van der Waals surface area contributed by atoms with Gasteiger partial charge in [-0.1, -0.05) is 42.5 Å². The molecule has 0 atom stereocenters. The molecule has 0 saturated heterocycles. The lowest BCUT2D eigenvalue weighted by Gasteiger charge is -2.13. The third kappa shape index (κ3) is 5.26. The molecule has 0 aliphatic rings. The van der Waals surface area contributed by atoms with Crippen molar-refractivity contribution in [2.45, 2.75) is 11.5 Å². The largest absolute Gasteiger partial charge is 0.484 e. The molecular formula is C25H19N3O5S. The zero-order valence-electron chi connectivity index (χ0n) is 17.8. The summed E-state index contributed by atoms with van der Waals surface area (Å²) in [6.07, 6.45) is 0. The molecule has 0 bridgehead atoms. The van der Waals surface area contributed by atoms with Crippen molar-refractivity contribution in [2.24, 2.45) is 0 Å². The molecule has 1 aromatic heterocycles. The molecule has 3 aromatic carbocycles. The molecule has 170 valence electrons. The summed E-state index contributed by atoms with van der Waals surface area (Å²) in [7, 11) is -3.84. The van der Waals surface area contributed by atoms with E-state index in [4.69, 9.17) is 14.4 Å². The lowest BCUT2D eigenvalue weighted by molar-refractivity contribution is 0.0992. The molecule has 34 heavy (non-hydrogen) atoms. The molecule has 9 heteroatoms. The highest BCUT2D eigenvalue weighted by Crippen LogP contribution is 2.25. The SMILES string of the molecule is N#Cc1ccccc1OCc1ccc(C(=O)Nc2ccccc2NS(=O)(=O)c2ccccc2)o1. The van der Waals surface area contributed by atoms with Crippen molar-refractivity contribution in [1.29, 1.82) is 5.26 Å². The second-order valence-electron chi connectivity index (χ2n) is 7.08. The van der Waals surface area contributed by atoms with Gasteiger partial charge in [-0.15, -0.1) is 0 Å². The van der Waals surface area contributed by atoms with Gasteiger partial charge in [0.1, 0.15) is 24.2 Å². The summed E-state index contributed by atoms with van der Waals surface area (Å²) in [6.45, 7) is 0.0272. The van der Waals surface area contributed by atoms with Crippen molar-refractivity contribution in [3.63, 3.8) is 0 Å². The van der Waals surface area contributed by atoms with E-state index < -0.39 is 15.9 Å². The Morgan fingerprint density at radius 1 is 0.882 bits per heavy atom. The number of hydrogen-bond acceptors (Lipinski definition) is 6. The average Bonchev–Trinajstić information content (AvgIpc) is 3.34. The van der Waals surface area contributed by atoms with Gasteiger partial charge in [-0.3, -0.25) is 9.52 Å². The number of sulfonamides is 1. The van der Waals surface area contributed by atoms with Gasteiger partial charge < -0.3 is 14.5 Å². The third-order valence-corrected chi connectivity index (χ3v) is 6.12. The quantitative estimate of drug-likeness (QED) is 0.380. The number of amides is 1. The number of anilines is 2. The van der Waals surface area contributed by atoms with Crippen LogP contribution in [0.3, 0.4) is 0 Å². The molecular weight excluding hydrogens is 454 g/mol. The average molecular weight is 474 g/mol. The predicted molar refractivity (Wildman–Crippen MR) is 126 cm³/mol. The van der Waals surface area contributed by atoms with Crippen molar-refractivity contribution in [1.82, 2.24) is 0 Å². The standard InChI is InChI=1S/C25H19N3O5S/c26-16-18-8-4-7-13-23(18)32-17-19-14-15-24(33-19)25(29)27-21-11-5-6-12-22(21)28-34(30,31)20-9-2-1-3-10-20/h1-15,28H,17H2,(H,27,29). The maximum atomic E-state index is 12.7. The lowest BCUT2D eigenvalue weighted by Crippen LogP contribution is -2.17. The summed E-state index contributed by atoms with van der Waals surface area (Å²) in [5, 5.41) is 11.8. The second kappa shape index (κ2) is 9.94. The van der Waals surface area contributed by atoms with Crippen LogP contribution in [-0.4, -0.2) is 14.3 Å². The number of ether oxygens (including phenoxy) is 1. The first-order valence-corrected chi connectivity index (χ1v) is 11.6. The summed E-state index contributed by atoms with van der Waals surface area (Å²) >= 11 is 0. The van der Waals surface area contributed by atoms with E-state index in [1.165, 1.54) is 18.2 Å². The smallest absolute Gasteiger partial charge is 0.291 e. The van der Waals surface area contributed by atoms with E-state index in [2.05, 4.69) is 10.0 Å². The Labute approximate surface area is 196 Å². The molecule has 2 N–H and O–H groups in total. The molecule has 0 fully saturated rings. The fraction of sp³-hybridized carbons (Fsp3) is 0.0400. The fourth-order valence-electron chi connectivity index (χ4n) is 3.08. The van der Waals surface area contributed by atoms with Crippen LogP contribution in [-0.2, 0) is 16.6 Å². The second-order valence-corrected chi connectivity index (χ2v) is 8.76. The molecule has 8 nitrogen and oxygen atoms in total. The van der Waals surface area contributed by atoms with Crippen LogP contribution in [0.1, 0.15) is 21.9 Å². The fourth-order valence-corrected chi connectivity index (χ4v) is 4.18. The van der Waals surface area contributed by atoms with Gasteiger partial charge in [0, 0.05) is 0 Å². The molecule has 4 rings (SSSR count). The van der Waals surface area contributed by atoms with Crippen LogP contribution in [0.5, 0.6) is 5.75 Å². The van der Waals surface area contributed by atoms with E-state index in [-0.39, 0.29) is 28.6 Å². The Balaban J connectivity index is 1.45. The number of furan rings is 1. The minimum absolute atomic E-state index is 0.0212. The van der Waals surface area contributed by atoms with Gasteiger partial charge >= 0.3 is 0 Å². The molecule has 0 aliphatic carbocycles. The number of nitrogens with zero attached hydrogens (tertiary/aromatic N) is 1. The van der Waals surface area contributed by atoms with E-state index in [1.807, 2.05) is 6.07 Å². The summed E-state index contributed by atoms with van der Waals surface area (Å²) in [5.74, 6) is 0.255. The molecule has 0 unspecified atom stereocenters. The first kappa shape index (κ1) is 22.6. The highest BCUT2D eigenvalue weighted by molar-refractivity contribution is 7.92. The number of para-hydroxylation sites is 3. The van der Waals surface area contributed by atoms with Gasteiger partial charge in [0.25, 0.3) is 15.9 Å². The van der Waals surface area contributed by atoms with Crippen LogP contribution in [0.25, 0.3) is 0 Å². The number of carbonyl (C=O) groups is 1. The van der Waals surface area contributed by atoms with Gasteiger partial charge in [-0.05, 0) is 48.5 Å². The molecule has 0 spiro atoms. The number of nitrogens with one attached hydrogen (secondary N) is 2. The van der Waals surface area contributed by atoms with E-state index >= 15 is 0 Å². The topological polar surface area (TPSA) is 121 Å². The van der Waals surface area contributed by atoms with Gasteiger partial charge in [-0.2, -0.15) is 5.26 Å². The number of carbonyl (C=O) groups excluding carboxylic acids is 1. The summed E-state index contributed by atoms with van der Waals surface area (Å²) in [5.41, 5.74) is 0.869. The number of nitriles is 1. The first-order chi connectivity index (χ1) is 16.5. The van der Waals surface area contributed by atoms with Crippen molar-refractivity contribution < 1.29 is 22.4 Å². The zero-order chi connectivity index (χ0) is 24.0.